The van der Waals surface area contributed by atoms with Crippen molar-refractivity contribution in [3.63, 3.8) is 0 Å². The second-order valence-electron chi connectivity index (χ2n) is 9.73. The van der Waals surface area contributed by atoms with Gasteiger partial charge in [-0.05, 0) is 58.4 Å². The lowest BCUT2D eigenvalue weighted by molar-refractivity contribution is 0.0693. The molecule has 0 aliphatic rings. The zero-order chi connectivity index (χ0) is 23.9. The first-order valence-corrected chi connectivity index (χ1v) is 10.6. The van der Waals surface area contributed by atoms with E-state index in [1.165, 1.54) is 23.3 Å². The van der Waals surface area contributed by atoms with Crippen LogP contribution in [0.15, 0.2) is 72.8 Å². The predicted octanol–water partition coefficient (Wildman–Crippen LogP) is 6.81. The van der Waals surface area contributed by atoms with Crippen molar-refractivity contribution in [2.45, 2.75) is 52.4 Å². The molecule has 32 heavy (non-hydrogen) atoms. The van der Waals surface area contributed by atoms with Crippen molar-refractivity contribution in [1.29, 1.82) is 0 Å². The zero-order valence-electron chi connectivity index (χ0n) is 19.7. The van der Waals surface area contributed by atoms with Crippen LogP contribution in [0.5, 0.6) is 5.75 Å². The molecule has 0 aliphatic carbocycles. The number of phenols is 1. The summed E-state index contributed by atoms with van der Waals surface area (Å²) in [5.74, 6) is -1.31. The third-order valence-corrected chi connectivity index (χ3v) is 4.99. The number of hydrogen-bond donors (Lipinski definition) is 4. The van der Waals surface area contributed by atoms with Crippen LogP contribution in [0.2, 0.25) is 0 Å². The first kappa shape index (κ1) is 24.8. The van der Waals surface area contributed by atoms with Gasteiger partial charge in [-0.1, -0.05) is 77.9 Å². The van der Waals surface area contributed by atoms with E-state index in [-0.39, 0.29) is 22.1 Å². The van der Waals surface area contributed by atoms with Gasteiger partial charge >= 0.3 is 5.97 Å². The van der Waals surface area contributed by atoms with Crippen LogP contribution in [0.3, 0.4) is 0 Å². The molecule has 3 aromatic carbocycles. The summed E-state index contributed by atoms with van der Waals surface area (Å²) in [5.41, 5.74) is 11.6. The maximum atomic E-state index is 10.3. The Bertz CT molecular complexity index is 955. The largest absolute Gasteiger partial charge is 0.507 e. The molecular weight excluding hydrogens is 400 g/mol. The van der Waals surface area contributed by atoms with E-state index >= 15 is 0 Å². The number of para-hydroxylation sites is 1. The molecule has 0 heterocycles. The third-order valence-electron chi connectivity index (χ3n) is 4.99. The van der Waals surface area contributed by atoms with Crippen molar-refractivity contribution in [3.8, 4) is 5.75 Å². The Hall–Kier alpha value is -3.47. The van der Waals surface area contributed by atoms with Crippen LogP contribution in [-0.2, 0) is 10.8 Å². The number of aromatic hydroxyl groups is 1. The number of carboxylic acid groups (broad SMARTS) is 1. The monoisotopic (exact) mass is 434 g/mol. The molecule has 0 aromatic heterocycles. The maximum Gasteiger partial charge on any atom is 0.339 e. The Morgan fingerprint density at radius 1 is 0.656 bits per heavy atom. The number of aromatic carboxylic acids is 1. The molecule has 3 rings (SSSR count). The van der Waals surface area contributed by atoms with Gasteiger partial charge < -0.3 is 21.1 Å². The van der Waals surface area contributed by atoms with Gasteiger partial charge in [0.15, 0.2) is 0 Å². The van der Waals surface area contributed by atoms with Gasteiger partial charge in [-0.25, -0.2) is 4.79 Å². The van der Waals surface area contributed by atoms with E-state index in [0.717, 1.165) is 11.4 Å². The quantitative estimate of drug-likeness (QED) is 0.339. The molecule has 0 amide bonds. The van der Waals surface area contributed by atoms with Crippen molar-refractivity contribution in [2.75, 3.05) is 10.9 Å². The molecule has 170 valence electrons. The van der Waals surface area contributed by atoms with Gasteiger partial charge in [-0.15, -0.1) is 0 Å². The number of hydrazine groups is 1. The van der Waals surface area contributed by atoms with Crippen molar-refractivity contribution in [1.82, 2.24) is 0 Å². The van der Waals surface area contributed by atoms with E-state index in [9.17, 15) is 4.79 Å². The summed E-state index contributed by atoms with van der Waals surface area (Å²) in [6.45, 7) is 13.4. The highest BCUT2D eigenvalue weighted by Gasteiger charge is 2.13. The molecule has 0 atom stereocenters. The molecular formula is C27H34N2O3. The van der Waals surface area contributed by atoms with E-state index in [1.54, 1.807) is 12.1 Å². The minimum Gasteiger partial charge on any atom is -0.507 e. The van der Waals surface area contributed by atoms with Gasteiger partial charge in [0.2, 0.25) is 0 Å². The van der Waals surface area contributed by atoms with Crippen molar-refractivity contribution < 1.29 is 15.0 Å². The van der Waals surface area contributed by atoms with Crippen LogP contribution in [0.1, 0.15) is 63.0 Å². The molecule has 0 radical (unpaired) electrons. The van der Waals surface area contributed by atoms with Gasteiger partial charge in [-0.3, -0.25) is 0 Å². The number of carbonyl (C=O) groups is 1. The highest BCUT2D eigenvalue weighted by atomic mass is 16.4. The fraction of sp³-hybridized carbons (Fsp3) is 0.296. The average Bonchev–Trinajstić information content (AvgIpc) is 2.72. The lowest BCUT2D eigenvalue weighted by atomic mass is 9.87. The number of hydrogen-bond acceptors (Lipinski definition) is 4. The highest BCUT2D eigenvalue weighted by Crippen LogP contribution is 2.25. The van der Waals surface area contributed by atoms with Crippen LogP contribution in [0, 0.1) is 0 Å². The van der Waals surface area contributed by atoms with E-state index < -0.39 is 5.97 Å². The summed E-state index contributed by atoms with van der Waals surface area (Å²) < 4.78 is 0. The number of rotatable bonds is 4. The van der Waals surface area contributed by atoms with E-state index in [1.807, 2.05) is 0 Å². The molecule has 0 spiro atoms. The van der Waals surface area contributed by atoms with Gasteiger partial charge in [0, 0.05) is 0 Å². The highest BCUT2D eigenvalue weighted by molar-refractivity contribution is 5.90. The van der Waals surface area contributed by atoms with Crippen LogP contribution in [-0.4, -0.2) is 16.2 Å². The SMILES string of the molecule is CC(C)(C)c1ccc(NNc2ccc(C(C)(C)C)cc2)cc1.O=C(O)c1ccccc1O. The number of anilines is 2. The topological polar surface area (TPSA) is 81.6 Å². The summed E-state index contributed by atoms with van der Waals surface area (Å²) in [4.78, 5) is 10.3. The molecule has 5 heteroatoms. The molecule has 0 aliphatic heterocycles. The zero-order valence-corrected chi connectivity index (χ0v) is 19.7. The van der Waals surface area contributed by atoms with Crippen LogP contribution in [0.25, 0.3) is 0 Å². The van der Waals surface area contributed by atoms with E-state index in [0.29, 0.717) is 0 Å². The summed E-state index contributed by atoms with van der Waals surface area (Å²) in [7, 11) is 0. The maximum absolute atomic E-state index is 10.3. The summed E-state index contributed by atoms with van der Waals surface area (Å²) in [6.07, 6.45) is 0. The van der Waals surface area contributed by atoms with Crippen LogP contribution in [0.4, 0.5) is 11.4 Å². The molecule has 4 N–H and O–H groups in total. The Kier molecular flexibility index (Phi) is 7.92. The van der Waals surface area contributed by atoms with Gasteiger partial charge in [-0.2, -0.15) is 0 Å². The Labute approximate surface area is 191 Å². The molecule has 0 fully saturated rings. The molecule has 0 saturated carbocycles. The summed E-state index contributed by atoms with van der Waals surface area (Å²) >= 11 is 0. The second-order valence-corrected chi connectivity index (χ2v) is 9.73. The molecule has 0 bridgehead atoms. The van der Waals surface area contributed by atoms with Crippen molar-refractivity contribution in [2.24, 2.45) is 0 Å². The number of carboxylic acids is 1. The minimum atomic E-state index is -1.11. The summed E-state index contributed by atoms with van der Waals surface area (Å²) in [5, 5.41) is 17.3. The summed E-state index contributed by atoms with van der Waals surface area (Å²) in [6, 6.07) is 22.9. The number of benzene rings is 3. The van der Waals surface area contributed by atoms with E-state index in [4.69, 9.17) is 10.2 Å². The van der Waals surface area contributed by atoms with E-state index in [2.05, 4.69) is 101 Å². The Morgan fingerprint density at radius 2 is 1.03 bits per heavy atom. The fourth-order valence-corrected chi connectivity index (χ4v) is 2.91. The molecule has 5 nitrogen and oxygen atoms in total. The van der Waals surface area contributed by atoms with Gasteiger partial charge in [0.25, 0.3) is 0 Å². The number of nitrogens with one attached hydrogen (secondary N) is 2. The average molecular weight is 435 g/mol. The lowest BCUT2D eigenvalue weighted by Crippen LogP contribution is -2.13. The molecule has 0 unspecified atom stereocenters. The smallest absolute Gasteiger partial charge is 0.339 e. The second kappa shape index (κ2) is 10.2. The Morgan fingerprint density at radius 3 is 1.31 bits per heavy atom. The Balaban J connectivity index is 0.000000303. The third kappa shape index (κ3) is 7.34. The predicted molar refractivity (Wildman–Crippen MR) is 133 cm³/mol. The first-order valence-electron chi connectivity index (χ1n) is 10.6. The minimum absolute atomic E-state index is 0.0671. The van der Waals surface area contributed by atoms with Gasteiger partial charge in [0.05, 0.1) is 11.4 Å². The standard InChI is InChI=1S/C20H28N2.C7H6O3/c1-19(2,3)15-7-11-17(12-8-15)21-22-18-13-9-16(10-14-18)20(4,5)6;8-6-4-2-1-3-5(6)7(9)10/h7-14,21-22H,1-6H3;1-4,8H,(H,9,10). The first-order chi connectivity index (χ1) is 14.9. The van der Waals surface area contributed by atoms with Gasteiger partial charge in [0.1, 0.15) is 11.3 Å². The van der Waals surface area contributed by atoms with Crippen LogP contribution >= 0.6 is 0 Å². The van der Waals surface area contributed by atoms with Crippen molar-refractivity contribution in [3.05, 3.63) is 89.5 Å². The normalized spacial score (nSPS) is 11.2. The molecule has 0 saturated heterocycles. The lowest BCUT2D eigenvalue weighted by Gasteiger charge is -2.20. The van der Waals surface area contributed by atoms with Crippen LogP contribution < -0.4 is 10.9 Å². The van der Waals surface area contributed by atoms with Crippen molar-refractivity contribution >= 4 is 17.3 Å². The molecule has 3 aromatic rings. The fourth-order valence-electron chi connectivity index (χ4n) is 2.91.